The molecule has 1 aliphatic rings. The van der Waals surface area contributed by atoms with Crippen molar-refractivity contribution in [1.29, 1.82) is 0 Å². The molecule has 4 nitrogen and oxygen atoms in total. The fourth-order valence-corrected chi connectivity index (χ4v) is 2.97. The normalized spacial score (nSPS) is 23.4. The largest absolute Gasteiger partial charge is 0.444 e. The molecule has 0 aliphatic carbocycles. The molecule has 0 saturated carbocycles. The van der Waals surface area contributed by atoms with E-state index in [0.717, 1.165) is 4.90 Å². The highest BCUT2D eigenvalue weighted by atomic mass is 79.9. The number of benzene rings is 1. The number of nitrogens with zero attached hydrogens (tertiary/aromatic N) is 1. The van der Waals surface area contributed by atoms with Crippen LogP contribution in [0.1, 0.15) is 26.3 Å². The van der Waals surface area contributed by atoms with Crippen molar-refractivity contribution in [2.24, 2.45) is 0 Å². The number of hydrogen-bond acceptors (Lipinski definition) is 3. The Morgan fingerprint density at radius 1 is 1.46 bits per heavy atom. The molecule has 1 amide bonds. The van der Waals surface area contributed by atoms with Crippen molar-refractivity contribution in [3.63, 3.8) is 0 Å². The third-order valence-electron chi connectivity index (χ3n) is 3.67. The maximum Gasteiger partial charge on any atom is 0.410 e. The van der Waals surface area contributed by atoms with Gasteiger partial charge in [0.1, 0.15) is 17.5 Å². The summed E-state index contributed by atoms with van der Waals surface area (Å²) in [5, 5.41) is 9.92. The average molecular weight is 410 g/mol. The number of likely N-dealkylation sites (tertiary alicyclic amines) is 1. The summed E-state index contributed by atoms with van der Waals surface area (Å²) in [5.41, 5.74) is -0.745. The molecule has 2 unspecified atom stereocenters. The van der Waals surface area contributed by atoms with Crippen LogP contribution in [-0.4, -0.2) is 46.3 Å². The summed E-state index contributed by atoms with van der Waals surface area (Å²) < 4.78 is 47.3. The predicted molar refractivity (Wildman–Crippen MR) is 85.5 cm³/mol. The van der Waals surface area contributed by atoms with E-state index in [4.69, 9.17) is 4.74 Å². The molecule has 0 spiro atoms. The molecule has 8 heteroatoms. The van der Waals surface area contributed by atoms with E-state index in [1.54, 1.807) is 26.8 Å². The van der Waals surface area contributed by atoms with Crippen molar-refractivity contribution in [2.75, 3.05) is 6.54 Å². The molecule has 0 radical (unpaired) electrons. The first-order valence-corrected chi connectivity index (χ1v) is 8.20. The Labute approximate surface area is 146 Å². The number of carbonyl (C=O) groups excluding carboxylic acids is 1. The van der Waals surface area contributed by atoms with Crippen LogP contribution in [0.2, 0.25) is 0 Å². The molecular formula is C16H19BrF3NO3. The van der Waals surface area contributed by atoms with Gasteiger partial charge in [0.05, 0.1) is 17.1 Å². The number of halogens is 4. The quantitative estimate of drug-likeness (QED) is 0.808. The molecule has 24 heavy (non-hydrogen) atoms. The summed E-state index contributed by atoms with van der Waals surface area (Å²) in [6.45, 7) is 3.86. The number of hydrogen-bond donors (Lipinski definition) is 1. The van der Waals surface area contributed by atoms with Crippen LogP contribution in [-0.2, 0) is 11.2 Å². The Balaban J connectivity index is 2.29. The van der Waals surface area contributed by atoms with Crippen LogP contribution in [0, 0.1) is 5.82 Å². The van der Waals surface area contributed by atoms with E-state index in [1.165, 1.54) is 12.1 Å². The second-order valence-electron chi connectivity index (χ2n) is 6.80. The van der Waals surface area contributed by atoms with E-state index < -0.39 is 42.1 Å². The van der Waals surface area contributed by atoms with E-state index >= 15 is 0 Å². The molecular weight excluding hydrogens is 391 g/mol. The van der Waals surface area contributed by atoms with Gasteiger partial charge in [-0.15, -0.1) is 0 Å². The van der Waals surface area contributed by atoms with Crippen LogP contribution in [0.15, 0.2) is 22.7 Å². The molecule has 1 fully saturated rings. The lowest BCUT2D eigenvalue weighted by molar-refractivity contribution is -0.0807. The number of aliphatic hydroxyl groups is 1. The molecule has 1 heterocycles. The number of carbonyl (C=O) groups is 1. The van der Waals surface area contributed by atoms with Gasteiger partial charge in [-0.25, -0.2) is 18.0 Å². The Kier molecular flexibility index (Phi) is 5.20. The summed E-state index contributed by atoms with van der Waals surface area (Å²) >= 11 is 3.03. The summed E-state index contributed by atoms with van der Waals surface area (Å²) in [7, 11) is 0. The minimum absolute atomic E-state index is 0.125. The van der Waals surface area contributed by atoms with Gasteiger partial charge in [-0.3, -0.25) is 4.90 Å². The highest BCUT2D eigenvalue weighted by Gasteiger charge is 2.56. The topological polar surface area (TPSA) is 49.8 Å². The zero-order valence-corrected chi connectivity index (χ0v) is 15.1. The smallest absolute Gasteiger partial charge is 0.410 e. The first-order valence-electron chi connectivity index (χ1n) is 7.41. The summed E-state index contributed by atoms with van der Waals surface area (Å²) in [6, 6.07) is 3.18. The van der Waals surface area contributed by atoms with Gasteiger partial charge >= 0.3 is 6.09 Å². The van der Waals surface area contributed by atoms with Gasteiger partial charge in [-0.1, -0.05) is 12.1 Å². The lowest BCUT2D eigenvalue weighted by atomic mass is 10.0. The summed E-state index contributed by atoms with van der Waals surface area (Å²) in [4.78, 5) is 13.0. The fraction of sp³-hybridized carbons (Fsp3) is 0.562. The summed E-state index contributed by atoms with van der Waals surface area (Å²) in [5.74, 6) is -4.09. The Bertz CT molecular complexity index is 633. The number of alkyl halides is 2. The third-order valence-corrected chi connectivity index (χ3v) is 4.28. The van der Waals surface area contributed by atoms with Crippen molar-refractivity contribution in [3.05, 3.63) is 34.1 Å². The zero-order chi connectivity index (χ0) is 18.3. The lowest BCUT2D eigenvalue weighted by Gasteiger charge is -2.29. The van der Waals surface area contributed by atoms with E-state index in [2.05, 4.69) is 15.9 Å². The fourth-order valence-electron chi connectivity index (χ4n) is 2.56. The monoisotopic (exact) mass is 409 g/mol. The second-order valence-corrected chi connectivity index (χ2v) is 7.65. The van der Waals surface area contributed by atoms with E-state index in [0.29, 0.717) is 0 Å². The maximum absolute atomic E-state index is 14.1. The molecule has 1 saturated heterocycles. The molecule has 134 valence electrons. The number of amides is 1. The van der Waals surface area contributed by atoms with E-state index in [9.17, 15) is 23.1 Å². The van der Waals surface area contributed by atoms with Gasteiger partial charge in [0.2, 0.25) is 0 Å². The number of aliphatic hydroxyl groups excluding tert-OH is 1. The van der Waals surface area contributed by atoms with Crippen molar-refractivity contribution >= 4 is 22.0 Å². The average Bonchev–Trinajstić information content (AvgIpc) is 2.66. The first-order chi connectivity index (χ1) is 10.9. The first kappa shape index (κ1) is 19.1. The zero-order valence-electron chi connectivity index (χ0n) is 13.5. The highest BCUT2D eigenvalue weighted by Crippen LogP contribution is 2.36. The Morgan fingerprint density at radius 2 is 2.08 bits per heavy atom. The Hall–Kier alpha value is -1.28. The standard InChI is InChI=1S/C16H19BrF3NO3/c1-15(2,3)24-14(23)21-8-16(19,20)13(22)11(21)7-9-5-4-6-10(17)12(9)18/h4-6,11,13,22H,7-8H2,1-3H3. The number of rotatable bonds is 2. The molecule has 1 aromatic rings. The van der Waals surface area contributed by atoms with Crippen LogP contribution in [0.5, 0.6) is 0 Å². The molecule has 1 aromatic carbocycles. The minimum Gasteiger partial charge on any atom is -0.444 e. The molecule has 2 rings (SSSR count). The van der Waals surface area contributed by atoms with Gasteiger partial charge in [-0.05, 0) is 54.8 Å². The Morgan fingerprint density at radius 3 is 2.67 bits per heavy atom. The van der Waals surface area contributed by atoms with Crippen LogP contribution in [0.4, 0.5) is 18.0 Å². The van der Waals surface area contributed by atoms with Gasteiger partial charge in [-0.2, -0.15) is 0 Å². The van der Waals surface area contributed by atoms with Crippen molar-refractivity contribution in [2.45, 2.75) is 50.9 Å². The van der Waals surface area contributed by atoms with Crippen LogP contribution in [0.25, 0.3) is 0 Å². The molecule has 1 N–H and O–H groups in total. The predicted octanol–water partition coefficient (Wildman–Crippen LogP) is 3.75. The molecule has 1 aliphatic heterocycles. The van der Waals surface area contributed by atoms with Crippen LogP contribution in [0.3, 0.4) is 0 Å². The SMILES string of the molecule is CC(C)(C)OC(=O)N1CC(F)(F)C(O)C1Cc1cccc(Br)c1F. The maximum atomic E-state index is 14.1. The van der Waals surface area contributed by atoms with Crippen molar-refractivity contribution in [3.8, 4) is 0 Å². The van der Waals surface area contributed by atoms with Gasteiger partial charge in [0.15, 0.2) is 0 Å². The number of ether oxygens (including phenoxy) is 1. The lowest BCUT2D eigenvalue weighted by Crippen LogP contribution is -2.44. The third kappa shape index (κ3) is 4.03. The molecule has 2 atom stereocenters. The second kappa shape index (κ2) is 6.55. The van der Waals surface area contributed by atoms with E-state index in [1.807, 2.05) is 0 Å². The van der Waals surface area contributed by atoms with Gasteiger partial charge in [0, 0.05) is 0 Å². The highest BCUT2D eigenvalue weighted by molar-refractivity contribution is 9.10. The van der Waals surface area contributed by atoms with Gasteiger partial charge < -0.3 is 9.84 Å². The minimum atomic E-state index is -3.48. The van der Waals surface area contributed by atoms with Crippen molar-refractivity contribution in [1.82, 2.24) is 4.90 Å². The van der Waals surface area contributed by atoms with Crippen LogP contribution >= 0.6 is 15.9 Å². The van der Waals surface area contributed by atoms with Crippen molar-refractivity contribution < 1.29 is 27.8 Å². The molecule has 0 bridgehead atoms. The van der Waals surface area contributed by atoms with E-state index in [-0.39, 0.29) is 16.5 Å². The van der Waals surface area contributed by atoms with Crippen LogP contribution < -0.4 is 0 Å². The summed E-state index contributed by atoms with van der Waals surface area (Å²) in [6.07, 6.45) is -3.30. The van der Waals surface area contributed by atoms with Gasteiger partial charge in [0.25, 0.3) is 5.92 Å². The molecule has 0 aromatic heterocycles.